The van der Waals surface area contributed by atoms with Crippen LogP contribution in [0.2, 0.25) is 0 Å². The lowest BCUT2D eigenvalue weighted by atomic mass is 10.1. The van der Waals surface area contributed by atoms with Gasteiger partial charge in [-0.25, -0.2) is 4.79 Å². The number of carboxylic acid groups (broad SMARTS) is 1. The Kier molecular flexibility index (Phi) is 3.98. The summed E-state index contributed by atoms with van der Waals surface area (Å²) in [7, 11) is 0. The van der Waals surface area contributed by atoms with Crippen molar-refractivity contribution in [3.8, 4) is 0 Å². The van der Waals surface area contributed by atoms with Crippen LogP contribution >= 0.6 is 0 Å². The van der Waals surface area contributed by atoms with Crippen LogP contribution in [0.25, 0.3) is 0 Å². The molecule has 2 N–H and O–H groups in total. The highest BCUT2D eigenvalue weighted by Crippen LogP contribution is 2.24. The summed E-state index contributed by atoms with van der Waals surface area (Å²) < 4.78 is 5.56. The third kappa shape index (κ3) is 3.12. The summed E-state index contributed by atoms with van der Waals surface area (Å²) >= 11 is 0. The Labute approximate surface area is 122 Å². The maximum Gasteiger partial charge on any atom is 0.335 e. The topological polar surface area (TPSA) is 78.4 Å². The second-order valence-electron chi connectivity index (χ2n) is 5.08. The maximum atomic E-state index is 10.9. The molecule has 2 heterocycles. The van der Waals surface area contributed by atoms with Crippen molar-refractivity contribution in [1.29, 1.82) is 0 Å². The molecule has 0 radical (unpaired) electrons. The molecule has 0 spiro atoms. The molecule has 2 aromatic rings. The first-order valence-electron chi connectivity index (χ1n) is 6.87. The first kappa shape index (κ1) is 13.8. The second-order valence-corrected chi connectivity index (χ2v) is 5.08. The van der Waals surface area contributed by atoms with Crippen molar-refractivity contribution >= 4 is 5.97 Å². The van der Waals surface area contributed by atoms with E-state index in [0.29, 0.717) is 18.8 Å². The molecule has 1 fully saturated rings. The SMILES string of the molecule is O=C(O)c1ccc(CN2CCOC[C@@H]2c2ccn[nH]2)cc1. The molecule has 1 aromatic carbocycles. The van der Waals surface area contributed by atoms with Crippen LogP contribution < -0.4 is 0 Å². The molecule has 1 atom stereocenters. The summed E-state index contributed by atoms with van der Waals surface area (Å²) in [6.45, 7) is 2.94. The second kappa shape index (κ2) is 6.07. The third-order valence-electron chi connectivity index (χ3n) is 3.71. The highest BCUT2D eigenvalue weighted by molar-refractivity contribution is 5.87. The lowest BCUT2D eigenvalue weighted by Crippen LogP contribution is -2.39. The Hall–Kier alpha value is -2.18. The molecule has 1 aliphatic rings. The molecule has 0 saturated carbocycles. The van der Waals surface area contributed by atoms with Gasteiger partial charge in [0, 0.05) is 19.3 Å². The quantitative estimate of drug-likeness (QED) is 0.894. The highest BCUT2D eigenvalue weighted by atomic mass is 16.5. The summed E-state index contributed by atoms with van der Waals surface area (Å²) in [5, 5.41) is 15.9. The van der Waals surface area contributed by atoms with Gasteiger partial charge in [-0.1, -0.05) is 12.1 Å². The molecule has 6 heteroatoms. The number of carbonyl (C=O) groups is 1. The number of benzene rings is 1. The Balaban J connectivity index is 1.74. The van der Waals surface area contributed by atoms with Gasteiger partial charge in [-0.3, -0.25) is 10.00 Å². The average Bonchev–Trinajstić information content (AvgIpc) is 3.02. The van der Waals surface area contributed by atoms with Gasteiger partial charge in [0.2, 0.25) is 0 Å². The van der Waals surface area contributed by atoms with E-state index in [9.17, 15) is 4.79 Å². The zero-order valence-electron chi connectivity index (χ0n) is 11.5. The van der Waals surface area contributed by atoms with Crippen LogP contribution in [0.15, 0.2) is 36.5 Å². The van der Waals surface area contributed by atoms with Gasteiger partial charge < -0.3 is 9.84 Å². The summed E-state index contributed by atoms with van der Waals surface area (Å²) in [5.41, 5.74) is 2.44. The van der Waals surface area contributed by atoms with Gasteiger partial charge >= 0.3 is 5.97 Å². The predicted molar refractivity (Wildman–Crippen MR) is 76.0 cm³/mol. The Bertz CT molecular complexity index is 595. The summed E-state index contributed by atoms with van der Waals surface area (Å²) in [5.74, 6) is -0.900. The van der Waals surface area contributed by atoms with Gasteiger partial charge in [-0.15, -0.1) is 0 Å². The third-order valence-corrected chi connectivity index (χ3v) is 3.71. The molecule has 0 aliphatic carbocycles. The van der Waals surface area contributed by atoms with Gasteiger partial charge in [0.1, 0.15) is 0 Å². The molecule has 6 nitrogen and oxygen atoms in total. The van der Waals surface area contributed by atoms with Gasteiger partial charge in [-0.2, -0.15) is 5.10 Å². The largest absolute Gasteiger partial charge is 0.478 e. The van der Waals surface area contributed by atoms with E-state index >= 15 is 0 Å². The van der Waals surface area contributed by atoms with Crippen molar-refractivity contribution in [3.05, 3.63) is 53.3 Å². The molecule has 0 amide bonds. The van der Waals surface area contributed by atoms with Crippen molar-refractivity contribution in [2.45, 2.75) is 12.6 Å². The average molecular weight is 287 g/mol. The molecule has 21 heavy (non-hydrogen) atoms. The number of rotatable bonds is 4. The molecule has 0 unspecified atom stereocenters. The Morgan fingerprint density at radius 1 is 1.38 bits per heavy atom. The fourth-order valence-electron chi connectivity index (χ4n) is 2.55. The molecule has 3 rings (SSSR count). The monoisotopic (exact) mass is 287 g/mol. The van der Waals surface area contributed by atoms with Gasteiger partial charge in [0.05, 0.1) is 30.5 Å². The number of hydrogen-bond donors (Lipinski definition) is 2. The first-order chi connectivity index (χ1) is 10.2. The zero-order chi connectivity index (χ0) is 14.7. The van der Waals surface area contributed by atoms with E-state index in [2.05, 4.69) is 15.1 Å². The number of aromatic carboxylic acids is 1. The molecule has 110 valence electrons. The maximum absolute atomic E-state index is 10.9. The van der Waals surface area contributed by atoms with E-state index in [1.807, 2.05) is 18.2 Å². The lowest BCUT2D eigenvalue weighted by Gasteiger charge is -2.34. The minimum Gasteiger partial charge on any atom is -0.478 e. The minimum atomic E-state index is -0.900. The smallest absolute Gasteiger partial charge is 0.335 e. The first-order valence-corrected chi connectivity index (χ1v) is 6.87. The van der Waals surface area contributed by atoms with Gasteiger partial charge in [-0.05, 0) is 23.8 Å². The van der Waals surface area contributed by atoms with Crippen LogP contribution in [-0.4, -0.2) is 45.9 Å². The van der Waals surface area contributed by atoms with Crippen LogP contribution in [0, 0.1) is 0 Å². The van der Waals surface area contributed by atoms with Crippen LogP contribution in [0.4, 0.5) is 0 Å². The lowest BCUT2D eigenvalue weighted by molar-refractivity contribution is -0.0142. The predicted octanol–water partition coefficient (Wildman–Crippen LogP) is 1.68. The number of carboxylic acids is 1. The summed E-state index contributed by atoms with van der Waals surface area (Å²) in [4.78, 5) is 13.2. The van der Waals surface area contributed by atoms with Crippen molar-refractivity contribution in [2.75, 3.05) is 19.8 Å². The standard InChI is InChI=1S/C15H17N3O3/c19-15(20)12-3-1-11(2-4-12)9-18-7-8-21-10-14(18)13-5-6-16-17-13/h1-6,14H,7-10H2,(H,16,17)(H,19,20)/t14-/m1/s1. The number of aromatic amines is 1. The fourth-order valence-corrected chi connectivity index (χ4v) is 2.55. The molecule has 1 aromatic heterocycles. The van der Waals surface area contributed by atoms with Crippen molar-refractivity contribution in [2.24, 2.45) is 0 Å². The number of H-pyrrole nitrogens is 1. The van der Waals surface area contributed by atoms with E-state index in [0.717, 1.165) is 24.3 Å². The number of hydrogen-bond acceptors (Lipinski definition) is 4. The Morgan fingerprint density at radius 2 is 2.19 bits per heavy atom. The molecular weight excluding hydrogens is 270 g/mol. The minimum absolute atomic E-state index is 0.153. The molecular formula is C15H17N3O3. The van der Waals surface area contributed by atoms with Crippen molar-refractivity contribution < 1.29 is 14.6 Å². The Morgan fingerprint density at radius 3 is 2.86 bits per heavy atom. The normalized spacial score (nSPS) is 19.5. The fraction of sp³-hybridized carbons (Fsp3) is 0.333. The van der Waals surface area contributed by atoms with E-state index in [-0.39, 0.29) is 6.04 Å². The molecule has 1 saturated heterocycles. The van der Waals surface area contributed by atoms with Crippen molar-refractivity contribution in [3.63, 3.8) is 0 Å². The van der Waals surface area contributed by atoms with E-state index < -0.39 is 5.97 Å². The summed E-state index contributed by atoms with van der Waals surface area (Å²) in [6, 6.07) is 9.12. The van der Waals surface area contributed by atoms with Crippen LogP contribution in [0.3, 0.4) is 0 Å². The van der Waals surface area contributed by atoms with E-state index in [4.69, 9.17) is 9.84 Å². The van der Waals surface area contributed by atoms with E-state index in [1.54, 1.807) is 18.3 Å². The number of morpholine rings is 1. The number of nitrogens with zero attached hydrogens (tertiary/aromatic N) is 2. The number of aromatic nitrogens is 2. The van der Waals surface area contributed by atoms with Crippen molar-refractivity contribution in [1.82, 2.24) is 15.1 Å². The molecule has 0 bridgehead atoms. The van der Waals surface area contributed by atoms with Crippen LogP contribution in [0.1, 0.15) is 27.7 Å². The molecule has 1 aliphatic heterocycles. The zero-order valence-corrected chi connectivity index (χ0v) is 11.5. The highest BCUT2D eigenvalue weighted by Gasteiger charge is 2.25. The number of nitrogens with one attached hydrogen (secondary N) is 1. The van der Waals surface area contributed by atoms with Gasteiger partial charge in [0.25, 0.3) is 0 Å². The van der Waals surface area contributed by atoms with Crippen LogP contribution in [0.5, 0.6) is 0 Å². The van der Waals surface area contributed by atoms with E-state index in [1.165, 1.54) is 0 Å². The van der Waals surface area contributed by atoms with Gasteiger partial charge in [0.15, 0.2) is 0 Å². The number of ether oxygens (including phenoxy) is 1. The van der Waals surface area contributed by atoms with Crippen LogP contribution in [-0.2, 0) is 11.3 Å². The summed E-state index contributed by atoms with van der Waals surface area (Å²) in [6.07, 6.45) is 1.74.